The van der Waals surface area contributed by atoms with E-state index in [4.69, 9.17) is 9.47 Å². The van der Waals surface area contributed by atoms with Crippen LogP contribution in [0.5, 0.6) is 5.75 Å². The van der Waals surface area contributed by atoms with Gasteiger partial charge in [0.05, 0.1) is 17.9 Å². The molecule has 0 unspecified atom stereocenters. The number of thiophene rings is 1. The number of aryl methyl sites for hydroxylation is 1. The summed E-state index contributed by atoms with van der Waals surface area (Å²) >= 11 is 6.18. The molecule has 180 valence electrons. The van der Waals surface area contributed by atoms with Crippen LogP contribution in [0.25, 0.3) is 0 Å². The maximum atomic E-state index is 12.7. The van der Waals surface area contributed by atoms with Gasteiger partial charge < -0.3 is 19.4 Å². The highest BCUT2D eigenvalue weighted by molar-refractivity contribution is 9.10. The summed E-state index contributed by atoms with van der Waals surface area (Å²) in [5, 5.41) is 12.6. The lowest BCUT2D eigenvalue weighted by molar-refractivity contribution is -0.113. The number of nitrogens with zero attached hydrogens (tertiary/aromatic N) is 3. The van der Waals surface area contributed by atoms with E-state index in [1.54, 1.807) is 6.92 Å². The minimum Gasteiger partial charge on any atom is -0.486 e. The van der Waals surface area contributed by atoms with Crippen LogP contribution in [0.4, 0.5) is 5.00 Å². The van der Waals surface area contributed by atoms with Gasteiger partial charge in [-0.2, -0.15) is 0 Å². The molecule has 1 amide bonds. The number of hydrogen-bond acceptors (Lipinski definition) is 8. The molecule has 11 heteroatoms. The molecule has 8 nitrogen and oxygen atoms in total. The van der Waals surface area contributed by atoms with Gasteiger partial charge in [-0.1, -0.05) is 27.7 Å². The van der Waals surface area contributed by atoms with Gasteiger partial charge in [0, 0.05) is 15.9 Å². The molecule has 1 aliphatic rings. The van der Waals surface area contributed by atoms with Crippen molar-refractivity contribution in [2.24, 2.45) is 0 Å². The summed E-state index contributed by atoms with van der Waals surface area (Å²) in [5.41, 5.74) is 1.54. The molecular weight excluding hydrogens is 540 g/mol. The maximum Gasteiger partial charge on any atom is 0.341 e. The Hall–Kier alpha value is -2.37. The Morgan fingerprint density at radius 3 is 2.74 bits per heavy atom. The largest absolute Gasteiger partial charge is 0.486 e. The zero-order valence-corrected chi connectivity index (χ0v) is 22.1. The second kappa shape index (κ2) is 11.4. The van der Waals surface area contributed by atoms with Gasteiger partial charge in [-0.25, -0.2) is 4.79 Å². The molecule has 34 heavy (non-hydrogen) atoms. The second-order valence-corrected chi connectivity index (χ2v) is 10.5. The molecule has 0 bridgehead atoms. The number of thioether (sulfide) groups is 1. The van der Waals surface area contributed by atoms with Gasteiger partial charge in [0.2, 0.25) is 5.91 Å². The summed E-state index contributed by atoms with van der Waals surface area (Å²) in [6.45, 7) is 5.00. The van der Waals surface area contributed by atoms with Crippen LogP contribution in [0.3, 0.4) is 0 Å². The Bertz CT molecular complexity index is 1180. The minimum atomic E-state index is -0.369. The molecule has 0 spiro atoms. The third-order valence-electron chi connectivity index (χ3n) is 5.28. The van der Waals surface area contributed by atoms with Gasteiger partial charge in [0.15, 0.2) is 11.0 Å². The van der Waals surface area contributed by atoms with Crippen molar-refractivity contribution in [3.8, 4) is 5.75 Å². The molecule has 1 aromatic carbocycles. The summed E-state index contributed by atoms with van der Waals surface area (Å²) in [4.78, 5) is 26.4. The highest BCUT2D eigenvalue weighted by Gasteiger charge is 2.28. The van der Waals surface area contributed by atoms with Crippen molar-refractivity contribution in [3.63, 3.8) is 0 Å². The molecule has 2 aromatic heterocycles. The van der Waals surface area contributed by atoms with Crippen LogP contribution in [0.2, 0.25) is 0 Å². The number of halogens is 1. The predicted octanol–water partition coefficient (Wildman–Crippen LogP) is 5.10. The van der Waals surface area contributed by atoms with E-state index < -0.39 is 0 Å². The fourth-order valence-electron chi connectivity index (χ4n) is 3.73. The zero-order valence-electron chi connectivity index (χ0n) is 18.9. The lowest BCUT2D eigenvalue weighted by Crippen LogP contribution is -2.17. The topological polar surface area (TPSA) is 95.3 Å². The van der Waals surface area contributed by atoms with Crippen LogP contribution in [-0.4, -0.2) is 39.0 Å². The number of carbonyl (C=O) groups excluding carboxylic acids is 2. The Morgan fingerprint density at radius 1 is 1.21 bits per heavy atom. The SMILES string of the molecule is CCOC(=O)c1c(NC(=O)CSc2nnc(COc3ccc(Br)cc3)n2CC)sc2c1CCC2. The maximum absolute atomic E-state index is 12.7. The van der Waals surface area contributed by atoms with Gasteiger partial charge in [0.1, 0.15) is 17.4 Å². The highest BCUT2D eigenvalue weighted by atomic mass is 79.9. The number of nitrogens with one attached hydrogen (secondary N) is 1. The molecule has 3 aromatic rings. The van der Waals surface area contributed by atoms with E-state index in [9.17, 15) is 9.59 Å². The normalized spacial score (nSPS) is 12.4. The van der Waals surface area contributed by atoms with Crippen molar-refractivity contribution in [2.75, 3.05) is 17.7 Å². The van der Waals surface area contributed by atoms with Gasteiger partial charge >= 0.3 is 5.97 Å². The highest BCUT2D eigenvalue weighted by Crippen LogP contribution is 2.39. The molecular formula is C23H25BrN4O4S2. The van der Waals surface area contributed by atoms with E-state index >= 15 is 0 Å². The lowest BCUT2D eigenvalue weighted by Gasteiger charge is -2.10. The fourth-order valence-corrected chi connectivity index (χ4v) is 6.11. The zero-order chi connectivity index (χ0) is 24.1. The first-order chi connectivity index (χ1) is 16.5. The molecule has 0 aliphatic heterocycles. The van der Waals surface area contributed by atoms with E-state index in [2.05, 4.69) is 31.4 Å². The Balaban J connectivity index is 1.38. The molecule has 0 atom stereocenters. The quantitative estimate of drug-likeness (QED) is 0.270. The van der Waals surface area contributed by atoms with Crippen LogP contribution in [0, 0.1) is 0 Å². The van der Waals surface area contributed by atoms with E-state index in [1.165, 1.54) is 23.1 Å². The van der Waals surface area contributed by atoms with Gasteiger partial charge in [-0.05, 0) is 62.9 Å². The van der Waals surface area contributed by atoms with Crippen molar-refractivity contribution in [3.05, 3.63) is 50.6 Å². The van der Waals surface area contributed by atoms with Crippen LogP contribution >= 0.6 is 39.0 Å². The average molecular weight is 566 g/mol. The Labute approximate surface area is 214 Å². The van der Waals surface area contributed by atoms with Crippen LogP contribution < -0.4 is 10.1 Å². The summed E-state index contributed by atoms with van der Waals surface area (Å²) in [6.07, 6.45) is 2.80. The van der Waals surface area contributed by atoms with E-state index in [0.29, 0.717) is 34.7 Å². The number of ether oxygens (including phenoxy) is 2. The van der Waals surface area contributed by atoms with E-state index in [0.717, 1.165) is 39.9 Å². The first kappa shape index (κ1) is 24.7. The smallest absolute Gasteiger partial charge is 0.341 e. The first-order valence-electron chi connectivity index (χ1n) is 11.0. The standard InChI is InChI=1S/C23H25BrN4O4S2/c1-3-28-18(12-32-15-10-8-14(24)9-11-15)26-27-23(28)33-13-19(29)25-21-20(22(30)31-4-2)16-6-5-7-17(16)34-21/h8-11H,3-7,12-13H2,1-2H3,(H,25,29). The fraction of sp³-hybridized carbons (Fsp3) is 0.391. The number of benzene rings is 1. The van der Waals surface area contributed by atoms with Gasteiger partial charge in [-0.3, -0.25) is 4.79 Å². The summed E-state index contributed by atoms with van der Waals surface area (Å²) < 4.78 is 14.0. The average Bonchev–Trinajstić information content (AvgIpc) is 3.51. The summed E-state index contributed by atoms with van der Waals surface area (Å²) in [7, 11) is 0. The Morgan fingerprint density at radius 2 is 2.00 bits per heavy atom. The third kappa shape index (κ3) is 5.64. The molecule has 1 aliphatic carbocycles. The van der Waals surface area contributed by atoms with Crippen molar-refractivity contribution >= 4 is 55.9 Å². The van der Waals surface area contributed by atoms with Crippen LogP contribution in [0.15, 0.2) is 33.9 Å². The van der Waals surface area contributed by atoms with Crippen molar-refractivity contribution in [1.82, 2.24) is 14.8 Å². The lowest BCUT2D eigenvalue weighted by atomic mass is 10.1. The molecule has 0 saturated carbocycles. The number of amides is 1. The number of esters is 1. The monoisotopic (exact) mass is 564 g/mol. The van der Waals surface area contributed by atoms with E-state index in [-0.39, 0.29) is 24.2 Å². The van der Waals surface area contributed by atoms with Gasteiger partial charge in [-0.15, -0.1) is 21.5 Å². The molecule has 1 N–H and O–H groups in total. The number of hydrogen-bond donors (Lipinski definition) is 1. The minimum absolute atomic E-state index is 0.149. The molecule has 0 saturated heterocycles. The Kier molecular flexibility index (Phi) is 8.28. The van der Waals surface area contributed by atoms with Crippen molar-refractivity contribution in [2.45, 2.75) is 51.4 Å². The predicted molar refractivity (Wildman–Crippen MR) is 136 cm³/mol. The molecule has 0 radical (unpaired) electrons. The van der Waals surface area contributed by atoms with E-state index in [1.807, 2.05) is 35.8 Å². The van der Waals surface area contributed by atoms with Crippen LogP contribution in [-0.2, 0) is 35.5 Å². The third-order valence-corrected chi connectivity index (χ3v) is 7.98. The molecule has 0 fully saturated rings. The summed E-state index contributed by atoms with van der Waals surface area (Å²) in [5.74, 6) is 1.01. The number of aromatic nitrogens is 3. The second-order valence-electron chi connectivity index (χ2n) is 7.50. The number of anilines is 1. The molecule has 2 heterocycles. The molecule has 4 rings (SSSR count). The van der Waals surface area contributed by atoms with Crippen molar-refractivity contribution < 1.29 is 19.1 Å². The van der Waals surface area contributed by atoms with Gasteiger partial charge in [0.25, 0.3) is 0 Å². The first-order valence-corrected chi connectivity index (χ1v) is 13.6. The van der Waals surface area contributed by atoms with Crippen LogP contribution in [0.1, 0.15) is 46.9 Å². The number of rotatable bonds is 10. The summed E-state index contributed by atoms with van der Waals surface area (Å²) in [6, 6.07) is 7.58. The van der Waals surface area contributed by atoms with Crippen molar-refractivity contribution in [1.29, 1.82) is 0 Å². The number of fused-ring (bicyclic) bond motifs is 1. The number of carbonyl (C=O) groups is 2.